The number of anilines is 1. The predicted octanol–water partition coefficient (Wildman–Crippen LogP) is 0.0489. The first-order chi connectivity index (χ1) is 13.1. The van der Waals surface area contributed by atoms with Crippen molar-refractivity contribution in [3.8, 4) is 0 Å². The molecule has 1 unspecified atom stereocenters. The first-order valence-corrected chi connectivity index (χ1v) is 9.41. The standard InChI is InChI=1S/C19H26N4O4/c1-2-23-15-7-4-3-6-14(15)16(19(23)26)21-18(25)17(24)20-8-5-9-22-10-12-27-13-11-22/h3-4,6-7,16H,2,5,8-13H2,1H3,(H,20,24)(H,21,25). The molecule has 8 nitrogen and oxygen atoms in total. The number of amides is 3. The molecule has 3 amide bonds. The highest BCUT2D eigenvalue weighted by Crippen LogP contribution is 2.35. The highest BCUT2D eigenvalue weighted by atomic mass is 16.5. The number of benzene rings is 1. The molecule has 1 aromatic rings. The lowest BCUT2D eigenvalue weighted by Gasteiger charge is -2.26. The van der Waals surface area contributed by atoms with Crippen LogP contribution in [0.5, 0.6) is 0 Å². The van der Waals surface area contributed by atoms with Gasteiger partial charge in [-0.25, -0.2) is 0 Å². The van der Waals surface area contributed by atoms with Crippen molar-refractivity contribution in [3.05, 3.63) is 29.8 Å². The van der Waals surface area contributed by atoms with Crippen LogP contribution in [0.2, 0.25) is 0 Å². The Balaban J connectivity index is 1.48. The van der Waals surface area contributed by atoms with Gasteiger partial charge in [0, 0.05) is 37.4 Å². The second kappa shape index (κ2) is 8.96. The summed E-state index contributed by atoms with van der Waals surface area (Å²) in [6.45, 7) is 6.92. The van der Waals surface area contributed by atoms with Crippen molar-refractivity contribution in [2.75, 3.05) is 50.8 Å². The Morgan fingerprint density at radius 3 is 2.67 bits per heavy atom. The molecular formula is C19H26N4O4. The van der Waals surface area contributed by atoms with Crippen LogP contribution in [0, 0.1) is 0 Å². The number of likely N-dealkylation sites (N-methyl/N-ethyl adjacent to an activating group) is 1. The van der Waals surface area contributed by atoms with E-state index in [0.29, 0.717) is 13.1 Å². The van der Waals surface area contributed by atoms with Crippen molar-refractivity contribution in [2.24, 2.45) is 0 Å². The maximum absolute atomic E-state index is 12.6. The Labute approximate surface area is 158 Å². The van der Waals surface area contributed by atoms with Crippen LogP contribution in [-0.4, -0.2) is 68.6 Å². The van der Waals surface area contributed by atoms with Gasteiger partial charge in [-0.1, -0.05) is 18.2 Å². The van der Waals surface area contributed by atoms with Gasteiger partial charge in [0.2, 0.25) is 0 Å². The molecule has 0 spiro atoms. The van der Waals surface area contributed by atoms with Crippen molar-refractivity contribution in [2.45, 2.75) is 19.4 Å². The van der Waals surface area contributed by atoms with Gasteiger partial charge in [0.1, 0.15) is 6.04 Å². The number of hydrogen-bond donors (Lipinski definition) is 2. The molecule has 2 aliphatic rings. The van der Waals surface area contributed by atoms with E-state index in [1.165, 1.54) is 0 Å². The van der Waals surface area contributed by atoms with Gasteiger partial charge in [-0.15, -0.1) is 0 Å². The molecule has 1 fully saturated rings. The SMILES string of the molecule is CCN1C(=O)C(NC(=O)C(=O)NCCCN2CCOCC2)c2ccccc21. The van der Waals surface area contributed by atoms with E-state index >= 15 is 0 Å². The van der Waals surface area contributed by atoms with Crippen LogP contribution in [0.4, 0.5) is 5.69 Å². The third-order valence-electron chi connectivity index (χ3n) is 4.89. The number of fused-ring (bicyclic) bond motifs is 1. The van der Waals surface area contributed by atoms with Crippen LogP contribution in [0.1, 0.15) is 24.9 Å². The van der Waals surface area contributed by atoms with Crippen LogP contribution < -0.4 is 15.5 Å². The van der Waals surface area contributed by atoms with E-state index < -0.39 is 17.9 Å². The molecule has 0 saturated carbocycles. The smallest absolute Gasteiger partial charge is 0.310 e. The van der Waals surface area contributed by atoms with Gasteiger partial charge in [0.05, 0.1) is 13.2 Å². The van der Waals surface area contributed by atoms with E-state index in [-0.39, 0.29) is 5.91 Å². The molecule has 1 atom stereocenters. The first kappa shape index (κ1) is 19.3. The monoisotopic (exact) mass is 374 g/mol. The summed E-state index contributed by atoms with van der Waals surface area (Å²) in [4.78, 5) is 40.7. The van der Waals surface area contributed by atoms with Crippen molar-refractivity contribution >= 4 is 23.4 Å². The zero-order valence-electron chi connectivity index (χ0n) is 15.6. The van der Waals surface area contributed by atoms with Gasteiger partial charge < -0.3 is 20.3 Å². The highest BCUT2D eigenvalue weighted by molar-refractivity contribution is 6.35. The molecule has 27 heavy (non-hydrogen) atoms. The van der Waals surface area contributed by atoms with Crippen LogP contribution in [0.25, 0.3) is 0 Å². The molecule has 146 valence electrons. The average Bonchev–Trinajstić information content (AvgIpc) is 2.97. The summed E-state index contributed by atoms with van der Waals surface area (Å²) in [5.74, 6) is -1.71. The average molecular weight is 374 g/mol. The van der Waals surface area contributed by atoms with Gasteiger partial charge in [-0.3, -0.25) is 19.3 Å². The Hall–Kier alpha value is -2.45. The Morgan fingerprint density at radius 2 is 1.93 bits per heavy atom. The summed E-state index contributed by atoms with van der Waals surface area (Å²) in [5, 5.41) is 5.20. The molecule has 0 bridgehead atoms. The van der Waals surface area contributed by atoms with E-state index in [1.54, 1.807) is 11.0 Å². The Morgan fingerprint density at radius 1 is 1.19 bits per heavy atom. The number of morpholine rings is 1. The summed E-state index contributed by atoms with van der Waals surface area (Å²) < 4.78 is 5.29. The summed E-state index contributed by atoms with van der Waals surface area (Å²) in [6, 6.07) is 6.49. The van der Waals surface area contributed by atoms with Gasteiger partial charge >= 0.3 is 11.8 Å². The van der Waals surface area contributed by atoms with Crippen molar-refractivity contribution in [1.82, 2.24) is 15.5 Å². The van der Waals surface area contributed by atoms with Crippen molar-refractivity contribution < 1.29 is 19.1 Å². The first-order valence-electron chi connectivity index (χ1n) is 9.41. The molecule has 1 saturated heterocycles. The summed E-state index contributed by atoms with van der Waals surface area (Å²) in [5.41, 5.74) is 1.50. The number of nitrogens with zero attached hydrogens (tertiary/aromatic N) is 2. The fourth-order valence-electron chi connectivity index (χ4n) is 3.46. The van der Waals surface area contributed by atoms with E-state index in [1.807, 2.05) is 25.1 Å². The van der Waals surface area contributed by atoms with Crippen LogP contribution in [0.15, 0.2) is 24.3 Å². The zero-order chi connectivity index (χ0) is 19.2. The zero-order valence-corrected chi connectivity index (χ0v) is 15.6. The Bertz CT molecular complexity index is 703. The maximum Gasteiger partial charge on any atom is 0.310 e. The molecule has 0 aliphatic carbocycles. The van der Waals surface area contributed by atoms with Crippen molar-refractivity contribution in [3.63, 3.8) is 0 Å². The number of rotatable bonds is 6. The molecule has 2 aliphatic heterocycles. The van der Waals surface area contributed by atoms with Crippen LogP contribution >= 0.6 is 0 Å². The minimum atomic E-state index is -0.812. The molecule has 1 aromatic carbocycles. The number of para-hydroxylation sites is 1. The molecule has 3 rings (SSSR count). The molecule has 0 radical (unpaired) electrons. The Kier molecular flexibility index (Phi) is 6.41. The van der Waals surface area contributed by atoms with Crippen LogP contribution in [0.3, 0.4) is 0 Å². The quantitative estimate of drug-likeness (QED) is 0.542. The molecule has 2 heterocycles. The van der Waals surface area contributed by atoms with E-state index in [0.717, 1.165) is 50.5 Å². The minimum absolute atomic E-state index is 0.216. The molecule has 8 heteroatoms. The number of hydrogen-bond acceptors (Lipinski definition) is 5. The molecule has 0 aromatic heterocycles. The van der Waals surface area contributed by atoms with Gasteiger partial charge in [0.25, 0.3) is 5.91 Å². The van der Waals surface area contributed by atoms with Crippen LogP contribution in [-0.2, 0) is 19.1 Å². The fourth-order valence-corrected chi connectivity index (χ4v) is 3.46. The summed E-state index contributed by atoms with van der Waals surface area (Å²) in [6.07, 6.45) is 0.758. The highest BCUT2D eigenvalue weighted by Gasteiger charge is 2.37. The third kappa shape index (κ3) is 4.45. The molecule has 2 N–H and O–H groups in total. The summed E-state index contributed by atoms with van der Waals surface area (Å²) in [7, 11) is 0. The number of nitrogens with one attached hydrogen (secondary N) is 2. The predicted molar refractivity (Wildman–Crippen MR) is 100 cm³/mol. The molecular weight excluding hydrogens is 348 g/mol. The van der Waals surface area contributed by atoms with E-state index in [4.69, 9.17) is 4.74 Å². The van der Waals surface area contributed by atoms with Gasteiger partial charge in [-0.05, 0) is 26.0 Å². The van der Waals surface area contributed by atoms with E-state index in [2.05, 4.69) is 15.5 Å². The lowest BCUT2D eigenvalue weighted by molar-refractivity contribution is -0.140. The number of carbonyl (C=O) groups is 3. The third-order valence-corrected chi connectivity index (χ3v) is 4.89. The fraction of sp³-hybridized carbons (Fsp3) is 0.526. The minimum Gasteiger partial charge on any atom is -0.379 e. The van der Waals surface area contributed by atoms with Gasteiger partial charge in [0.15, 0.2) is 0 Å². The lowest BCUT2D eigenvalue weighted by atomic mass is 10.1. The second-order valence-electron chi connectivity index (χ2n) is 6.61. The van der Waals surface area contributed by atoms with E-state index in [9.17, 15) is 14.4 Å². The largest absolute Gasteiger partial charge is 0.379 e. The maximum atomic E-state index is 12.6. The van der Waals surface area contributed by atoms with Gasteiger partial charge in [-0.2, -0.15) is 0 Å². The van der Waals surface area contributed by atoms with Crippen molar-refractivity contribution in [1.29, 1.82) is 0 Å². The number of carbonyl (C=O) groups excluding carboxylic acids is 3. The second-order valence-corrected chi connectivity index (χ2v) is 6.61. The number of ether oxygens (including phenoxy) is 1. The topological polar surface area (TPSA) is 91.0 Å². The normalized spacial score (nSPS) is 19.7. The lowest BCUT2D eigenvalue weighted by Crippen LogP contribution is -2.45. The summed E-state index contributed by atoms with van der Waals surface area (Å²) >= 11 is 0.